The largest absolute Gasteiger partial charge is 0.505 e. The molecule has 0 aliphatic carbocycles. The number of fused-ring (bicyclic) bond motifs is 1. The fraction of sp³-hybridized carbons (Fsp3) is 0. The van der Waals surface area contributed by atoms with Gasteiger partial charge in [-0.1, -0.05) is 89.9 Å². The Kier molecular flexibility index (Phi) is 6.50. The fourth-order valence-electron chi connectivity index (χ4n) is 3.07. The highest BCUT2D eigenvalue weighted by atomic mass is 35.5. The molecule has 0 radical (unpaired) electrons. The van der Waals surface area contributed by atoms with Crippen LogP contribution in [0.25, 0.3) is 16.5 Å². The first-order valence-corrected chi connectivity index (χ1v) is 10.4. The molecule has 1 amide bonds. The van der Waals surface area contributed by atoms with Gasteiger partial charge in [-0.3, -0.25) is 4.79 Å². The Labute approximate surface area is 194 Å². The third kappa shape index (κ3) is 4.80. The summed E-state index contributed by atoms with van der Waals surface area (Å²) < 4.78 is 0. The highest BCUT2D eigenvalue weighted by Crippen LogP contribution is 2.31. The Morgan fingerprint density at radius 2 is 1.44 bits per heavy atom. The second-order valence-corrected chi connectivity index (χ2v) is 7.66. The molecule has 158 valence electrons. The van der Waals surface area contributed by atoms with E-state index in [4.69, 9.17) is 23.2 Å². The Balaban J connectivity index is 1.73. The maximum atomic E-state index is 13.1. The van der Waals surface area contributed by atoms with Gasteiger partial charge in [0.05, 0.1) is 21.4 Å². The van der Waals surface area contributed by atoms with E-state index in [0.29, 0.717) is 11.3 Å². The number of azo groups is 1. The van der Waals surface area contributed by atoms with Crippen molar-refractivity contribution in [2.24, 2.45) is 10.2 Å². The number of amides is 1. The van der Waals surface area contributed by atoms with Crippen LogP contribution < -0.4 is 5.32 Å². The number of benzene rings is 4. The van der Waals surface area contributed by atoms with Gasteiger partial charge in [0.2, 0.25) is 0 Å². The smallest absolute Gasteiger partial charge is 0.280 e. The van der Waals surface area contributed by atoms with Gasteiger partial charge in [-0.2, -0.15) is 5.11 Å². The quantitative estimate of drug-likeness (QED) is 0.180. The van der Waals surface area contributed by atoms with E-state index in [1.807, 2.05) is 36.4 Å². The molecule has 0 aliphatic heterocycles. The summed E-state index contributed by atoms with van der Waals surface area (Å²) in [6, 6.07) is 26.8. The molecule has 5 nitrogen and oxygen atoms in total. The number of nitrogens with zero attached hydrogens (tertiary/aromatic N) is 2. The van der Waals surface area contributed by atoms with Crippen LogP contribution in [-0.4, -0.2) is 11.0 Å². The van der Waals surface area contributed by atoms with Crippen LogP contribution in [0.2, 0.25) is 10.0 Å². The minimum atomic E-state index is -0.703. The lowest BCUT2D eigenvalue weighted by Gasteiger charge is -2.10. The van der Waals surface area contributed by atoms with Crippen LogP contribution >= 0.6 is 23.2 Å². The van der Waals surface area contributed by atoms with E-state index in [0.717, 1.165) is 10.8 Å². The second kappa shape index (κ2) is 9.64. The van der Waals surface area contributed by atoms with Gasteiger partial charge >= 0.3 is 0 Å². The summed E-state index contributed by atoms with van der Waals surface area (Å²) in [6.45, 7) is 0. The van der Waals surface area contributed by atoms with E-state index in [1.165, 1.54) is 0 Å². The van der Waals surface area contributed by atoms with Crippen LogP contribution in [0.15, 0.2) is 107 Å². The predicted molar refractivity (Wildman–Crippen MR) is 130 cm³/mol. The Morgan fingerprint density at radius 3 is 2.16 bits per heavy atom. The summed E-state index contributed by atoms with van der Waals surface area (Å²) in [4.78, 5) is 13.1. The number of carbonyl (C=O) groups excluding carboxylic acids is 1. The molecular formula is C25H17Cl2N3O2. The van der Waals surface area contributed by atoms with Crippen molar-refractivity contribution in [3.05, 3.63) is 112 Å². The van der Waals surface area contributed by atoms with Crippen LogP contribution in [0, 0.1) is 0 Å². The molecule has 7 heteroatoms. The van der Waals surface area contributed by atoms with Crippen LogP contribution in [0.4, 0.5) is 11.4 Å². The highest BCUT2D eigenvalue weighted by Gasteiger charge is 2.19. The third-order valence-corrected chi connectivity index (χ3v) is 5.32. The van der Waals surface area contributed by atoms with Gasteiger partial charge in [0.15, 0.2) is 11.5 Å². The highest BCUT2D eigenvalue weighted by molar-refractivity contribution is 6.40. The summed E-state index contributed by atoms with van der Waals surface area (Å²) in [5.74, 6) is -1.03. The molecular weight excluding hydrogens is 445 g/mol. The monoisotopic (exact) mass is 461 g/mol. The van der Waals surface area contributed by atoms with E-state index in [1.54, 1.807) is 54.6 Å². The van der Waals surface area contributed by atoms with Crippen LogP contribution in [0.1, 0.15) is 5.56 Å². The molecule has 0 atom stereocenters. The van der Waals surface area contributed by atoms with Crippen molar-refractivity contribution in [1.29, 1.82) is 0 Å². The number of rotatable bonds is 5. The van der Waals surface area contributed by atoms with Gasteiger partial charge in [-0.25, -0.2) is 0 Å². The van der Waals surface area contributed by atoms with E-state index in [9.17, 15) is 9.90 Å². The molecule has 4 aromatic rings. The average Bonchev–Trinajstić information content (AvgIpc) is 2.82. The number of hydrogen-bond acceptors (Lipinski definition) is 4. The van der Waals surface area contributed by atoms with Crippen molar-refractivity contribution in [3.8, 4) is 0 Å². The first kappa shape index (κ1) is 21.6. The topological polar surface area (TPSA) is 74.0 Å². The van der Waals surface area contributed by atoms with E-state index in [2.05, 4.69) is 15.5 Å². The Hall–Kier alpha value is -3.67. The Bertz CT molecular complexity index is 1330. The molecule has 4 rings (SSSR count). The number of hydrogen-bond donors (Lipinski definition) is 2. The molecule has 0 aromatic heterocycles. The zero-order valence-electron chi connectivity index (χ0n) is 16.7. The van der Waals surface area contributed by atoms with E-state index in [-0.39, 0.29) is 27.2 Å². The average molecular weight is 462 g/mol. The maximum Gasteiger partial charge on any atom is 0.280 e. The molecule has 0 bridgehead atoms. The van der Waals surface area contributed by atoms with Crippen molar-refractivity contribution < 1.29 is 9.90 Å². The zero-order chi connectivity index (χ0) is 22.5. The summed E-state index contributed by atoms with van der Waals surface area (Å²) in [6.07, 6.45) is 0. The standard InChI is InChI=1S/C25H17Cl2N3O2/c26-20-11-6-12-21(27)22(20)28-25(32)23(24(31)17-8-2-1-3-9-17)30-29-19-14-13-16-7-4-5-10-18(16)15-19/h1-15,31H,(H,28,32). The lowest BCUT2D eigenvalue weighted by molar-refractivity contribution is -0.112. The van der Waals surface area contributed by atoms with Gasteiger partial charge in [0.25, 0.3) is 5.91 Å². The number of aliphatic hydroxyl groups excluding tert-OH is 1. The number of anilines is 1. The van der Waals surface area contributed by atoms with Gasteiger partial charge in [-0.05, 0) is 35.0 Å². The molecule has 32 heavy (non-hydrogen) atoms. The first-order valence-electron chi connectivity index (χ1n) is 9.67. The maximum absolute atomic E-state index is 13.1. The molecule has 0 heterocycles. The number of para-hydroxylation sites is 1. The summed E-state index contributed by atoms with van der Waals surface area (Å²) in [5.41, 5.74) is 0.895. The number of carbonyl (C=O) groups is 1. The summed E-state index contributed by atoms with van der Waals surface area (Å²) in [5, 5.41) is 24.3. The third-order valence-electron chi connectivity index (χ3n) is 4.69. The van der Waals surface area contributed by atoms with Crippen LogP contribution in [0.3, 0.4) is 0 Å². The van der Waals surface area contributed by atoms with Crippen molar-refractivity contribution in [1.82, 2.24) is 0 Å². The van der Waals surface area contributed by atoms with Crippen molar-refractivity contribution in [2.45, 2.75) is 0 Å². The second-order valence-electron chi connectivity index (χ2n) is 6.85. The number of halogens is 2. The summed E-state index contributed by atoms with van der Waals surface area (Å²) in [7, 11) is 0. The van der Waals surface area contributed by atoms with Crippen molar-refractivity contribution >= 4 is 57.0 Å². The van der Waals surface area contributed by atoms with Crippen LogP contribution in [-0.2, 0) is 4.79 Å². The molecule has 0 aliphatic rings. The fourth-order valence-corrected chi connectivity index (χ4v) is 3.56. The lowest BCUT2D eigenvalue weighted by atomic mass is 10.1. The van der Waals surface area contributed by atoms with Gasteiger partial charge < -0.3 is 10.4 Å². The molecule has 0 saturated heterocycles. The normalized spacial score (nSPS) is 12.1. The molecule has 0 unspecified atom stereocenters. The minimum absolute atomic E-state index is 0.222. The zero-order valence-corrected chi connectivity index (χ0v) is 18.2. The SMILES string of the molecule is O=C(Nc1c(Cl)cccc1Cl)C(N=Nc1ccc2ccccc2c1)=C(O)c1ccccc1. The molecule has 0 spiro atoms. The van der Waals surface area contributed by atoms with Crippen molar-refractivity contribution in [3.63, 3.8) is 0 Å². The van der Waals surface area contributed by atoms with E-state index >= 15 is 0 Å². The molecule has 4 aromatic carbocycles. The van der Waals surface area contributed by atoms with Crippen molar-refractivity contribution in [2.75, 3.05) is 5.32 Å². The first-order chi connectivity index (χ1) is 15.5. The van der Waals surface area contributed by atoms with Gasteiger partial charge in [0.1, 0.15) is 0 Å². The molecule has 0 saturated carbocycles. The van der Waals surface area contributed by atoms with Gasteiger partial charge in [0, 0.05) is 5.56 Å². The lowest BCUT2D eigenvalue weighted by Crippen LogP contribution is -2.15. The van der Waals surface area contributed by atoms with E-state index < -0.39 is 5.91 Å². The van der Waals surface area contributed by atoms with Crippen LogP contribution in [0.5, 0.6) is 0 Å². The van der Waals surface area contributed by atoms with Gasteiger partial charge in [-0.15, -0.1) is 5.11 Å². The summed E-state index contributed by atoms with van der Waals surface area (Å²) >= 11 is 12.3. The molecule has 2 N–H and O–H groups in total. The molecule has 0 fully saturated rings. The Morgan fingerprint density at radius 1 is 0.781 bits per heavy atom. The number of nitrogens with one attached hydrogen (secondary N) is 1. The minimum Gasteiger partial charge on any atom is -0.505 e. The number of aliphatic hydroxyl groups is 1. The predicted octanol–water partition coefficient (Wildman–Crippen LogP) is 7.80.